The Labute approximate surface area is 135 Å². The second-order valence-electron chi connectivity index (χ2n) is 4.34. The van der Waals surface area contributed by atoms with E-state index in [9.17, 15) is 0 Å². The Balaban J connectivity index is 2.24. The summed E-state index contributed by atoms with van der Waals surface area (Å²) in [6, 6.07) is 14.5. The fraction of sp³-hybridized carbons (Fsp3) is 0.200. The minimum atomic E-state index is 0.231. The molecule has 0 bridgehead atoms. The number of rotatable bonds is 4. The van der Waals surface area contributed by atoms with E-state index >= 15 is 0 Å². The van der Waals surface area contributed by atoms with Crippen LogP contribution >= 0.6 is 43.5 Å². The molecule has 0 aliphatic carbocycles. The summed E-state index contributed by atoms with van der Waals surface area (Å²) in [6.45, 7) is 0. The average molecular weight is 404 g/mol. The zero-order valence-electron chi connectivity index (χ0n) is 10.5. The van der Waals surface area contributed by atoms with Gasteiger partial charge in [0.1, 0.15) is 0 Å². The minimum absolute atomic E-state index is 0.231. The molecule has 1 N–H and O–H groups in total. The molecule has 4 heteroatoms. The molecule has 0 aliphatic heterocycles. The molecule has 0 aromatic heterocycles. The van der Waals surface area contributed by atoms with E-state index in [0.29, 0.717) is 0 Å². The van der Waals surface area contributed by atoms with Crippen LogP contribution in [0.3, 0.4) is 0 Å². The van der Waals surface area contributed by atoms with E-state index in [1.54, 1.807) is 0 Å². The SMILES string of the molecule is CNC(Cc1ccc(Br)cc1)c1cc(Cl)ccc1Br. The van der Waals surface area contributed by atoms with Crippen molar-refractivity contribution >= 4 is 43.5 Å². The van der Waals surface area contributed by atoms with Crippen LogP contribution in [-0.2, 0) is 6.42 Å². The molecule has 0 heterocycles. The Morgan fingerprint density at radius 3 is 2.42 bits per heavy atom. The molecule has 0 saturated carbocycles. The lowest BCUT2D eigenvalue weighted by Gasteiger charge is -2.18. The summed E-state index contributed by atoms with van der Waals surface area (Å²) >= 11 is 13.1. The van der Waals surface area contributed by atoms with Crippen LogP contribution in [0.2, 0.25) is 5.02 Å². The van der Waals surface area contributed by atoms with Crippen LogP contribution in [0, 0.1) is 0 Å². The summed E-state index contributed by atoms with van der Waals surface area (Å²) in [7, 11) is 1.97. The van der Waals surface area contributed by atoms with Crippen molar-refractivity contribution in [2.24, 2.45) is 0 Å². The molecular formula is C15H14Br2ClN. The van der Waals surface area contributed by atoms with Gasteiger partial charge in [-0.05, 0) is 54.9 Å². The van der Waals surface area contributed by atoms with E-state index in [1.165, 1.54) is 11.1 Å². The van der Waals surface area contributed by atoms with Gasteiger partial charge in [-0.1, -0.05) is 55.6 Å². The van der Waals surface area contributed by atoms with Gasteiger partial charge < -0.3 is 5.32 Å². The largest absolute Gasteiger partial charge is 0.313 e. The van der Waals surface area contributed by atoms with Crippen LogP contribution < -0.4 is 5.32 Å². The van der Waals surface area contributed by atoms with Crippen molar-refractivity contribution in [3.05, 3.63) is 67.6 Å². The predicted octanol–water partition coefficient (Wildman–Crippen LogP) is 5.37. The molecule has 2 rings (SSSR count). The van der Waals surface area contributed by atoms with Crippen LogP contribution in [-0.4, -0.2) is 7.05 Å². The topological polar surface area (TPSA) is 12.0 Å². The van der Waals surface area contributed by atoms with Crippen molar-refractivity contribution < 1.29 is 0 Å². The van der Waals surface area contributed by atoms with Crippen LogP contribution in [0.25, 0.3) is 0 Å². The van der Waals surface area contributed by atoms with E-state index in [1.807, 2.05) is 25.2 Å². The Kier molecular flexibility index (Phi) is 5.46. The third-order valence-electron chi connectivity index (χ3n) is 3.04. The number of likely N-dealkylation sites (N-methyl/N-ethyl adjacent to an activating group) is 1. The number of hydrogen-bond donors (Lipinski definition) is 1. The van der Waals surface area contributed by atoms with Crippen molar-refractivity contribution in [2.75, 3.05) is 7.05 Å². The molecule has 0 aliphatic rings. The van der Waals surface area contributed by atoms with Crippen molar-refractivity contribution in [3.8, 4) is 0 Å². The third-order valence-corrected chi connectivity index (χ3v) is 4.52. The molecule has 2 aromatic carbocycles. The molecular weight excluding hydrogens is 389 g/mol. The van der Waals surface area contributed by atoms with Crippen molar-refractivity contribution in [3.63, 3.8) is 0 Å². The molecule has 0 spiro atoms. The molecule has 0 amide bonds. The monoisotopic (exact) mass is 401 g/mol. The van der Waals surface area contributed by atoms with Gasteiger partial charge in [-0.15, -0.1) is 0 Å². The fourth-order valence-corrected chi connectivity index (χ4v) is 2.97. The zero-order chi connectivity index (χ0) is 13.8. The summed E-state index contributed by atoms with van der Waals surface area (Å²) in [6.07, 6.45) is 0.919. The van der Waals surface area contributed by atoms with Gasteiger partial charge >= 0.3 is 0 Å². The highest BCUT2D eigenvalue weighted by atomic mass is 79.9. The highest BCUT2D eigenvalue weighted by Crippen LogP contribution is 2.29. The van der Waals surface area contributed by atoms with Gasteiger partial charge in [0.25, 0.3) is 0 Å². The second kappa shape index (κ2) is 6.89. The number of nitrogens with one attached hydrogen (secondary N) is 1. The predicted molar refractivity (Wildman–Crippen MR) is 88.8 cm³/mol. The summed E-state index contributed by atoms with van der Waals surface area (Å²) < 4.78 is 2.18. The van der Waals surface area contributed by atoms with Crippen LogP contribution in [0.1, 0.15) is 17.2 Å². The maximum Gasteiger partial charge on any atom is 0.0410 e. The van der Waals surface area contributed by atoms with E-state index in [2.05, 4.69) is 61.4 Å². The standard InChI is InChI=1S/C15H14Br2ClN/c1-19-15(8-10-2-4-11(16)5-3-10)13-9-12(18)6-7-14(13)17/h2-7,9,15,19H,8H2,1H3. The normalized spacial score (nSPS) is 12.4. The number of halogens is 3. The average Bonchev–Trinajstić information content (AvgIpc) is 2.41. The quantitative estimate of drug-likeness (QED) is 0.724. The van der Waals surface area contributed by atoms with Gasteiger partial charge in [0.05, 0.1) is 0 Å². The van der Waals surface area contributed by atoms with Crippen molar-refractivity contribution in [1.29, 1.82) is 0 Å². The van der Waals surface area contributed by atoms with Crippen LogP contribution in [0.4, 0.5) is 0 Å². The van der Waals surface area contributed by atoms with E-state index < -0.39 is 0 Å². The van der Waals surface area contributed by atoms with Gasteiger partial charge in [0, 0.05) is 20.0 Å². The highest BCUT2D eigenvalue weighted by Gasteiger charge is 2.13. The molecule has 0 radical (unpaired) electrons. The summed E-state index contributed by atoms with van der Waals surface area (Å²) in [5.74, 6) is 0. The third kappa shape index (κ3) is 4.06. The highest BCUT2D eigenvalue weighted by molar-refractivity contribution is 9.10. The Morgan fingerprint density at radius 1 is 1.11 bits per heavy atom. The number of hydrogen-bond acceptors (Lipinski definition) is 1. The molecule has 19 heavy (non-hydrogen) atoms. The van der Waals surface area contributed by atoms with Gasteiger partial charge in [0.15, 0.2) is 0 Å². The molecule has 1 nitrogen and oxygen atoms in total. The van der Waals surface area contributed by atoms with Gasteiger partial charge in [-0.2, -0.15) is 0 Å². The summed E-state index contributed by atoms with van der Waals surface area (Å²) in [4.78, 5) is 0. The molecule has 1 atom stereocenters. The molecule has 2 aromatic rings. The molecule has 100 valence electrons. The molecule has 1 unspecified atom stereocenters. The van der Waals surface area contributed by atoms with Crippen LogP contribution in [0.15, 0.2) is 51.4 Å². The first-order valence-electron chi connectivity index (χ1n) is 5.97. The summed E-state index contributed by atoms with van der Waals surface area (Å²) in [5, 5.41) is 4.11. The maximum atomic E-state index is 6.09. The second-order valence-corrected chi connectivity index (χ2v) is 6.54. The van der Waals surface area contributed by atoms with Crippen LogP contribution in [0.5, 0.6) is 0 Å². The van der Waals surface area contributed by atoms with Gasteiger partial charge in [-0.25, -0.2) is 0 Å². The van der Waals surface area contributed by atoms with Gasteiger partial charge in [0.2, 0.25) is 0 Å². The lowest BCUT2D eigenvalue weighted by Crippen LogP contribution is -2.19. The lowest BCUT2D eigenvalue weighted by molar-refractivity contribution is 0.590. The van der Waals surface area contributed by atoms with Crippen molar-refractivity contribution in [2.45, 2.75) is 12.5 Å². The molecule has 0 saturated heterocycles. The summed E-state index contributed by atoms with van der Waals surface area (Å²) in [5.41, 5.74) is 2.47. The van der Waals surface area contributed by atoms with E-state index in [4.69, 9.17) is 11.6 Å². The fourth-order valence-electron chi connectivity index (χ4n) is 2.01. The first-order chi connectivity index (χ1) is 9.10. The smallest absolute Gasteiger partial charge is 0.0410 e. The van der Waals surface area contributed by atoms with Crippen molar-refractivity contribution in [1.82, 2.24) is 5.32 Å². The first kappa shape index (κ1) is 15.0. The van der Waals surface area contributed by atoms with E-state index in [-0.39, 0.29) is 6.04 Å². The zero-order valence-corrected chi connectivity index (χ0v) is 14.4. The van der Waals surface area contributed by atoms with Gasteiger partial charge in [-0.3, -0.25) is 0 Å². The lowest BCUT2D eigenvalue weighted by atomic mass is 9.99. The maximum absolute atomic E-state index is 6.09. The first-order valence-corrected chi connectivity index (χ1v) is 7.93. The Hall–Kier alpha value is -0.350. The molecule has 0 fully saturated rings. The Morgan fingerprint density at radius 2 is 1.79 bits per heavy atom. The minimum Gasteiger partial charge on any atom is -0.313 e. The Bertz CT molecular complexity index is 555. The number of benzene rings is 2. The van der Waals surface area contributed by atoms with E-state index in [0.717, 1.165) is 20.4 Å².